The van der Waals surface area contributed by atoms with E-state index in [0.717, 1.165) is 12.0 Å². The van der Waals surface area contributed by atoms with Crippen molar-refractivity contribution in [1.82, 2.24) is 0 Å². The van der Waals surface area contributed by atoms with Gasteiger partial charge in [-0.1, -0.05) is 30.3 Å². The van der Waals surface area contributed by atoms with Crippen molar-refractivity contribution in [2.75, 3.05) is 20.3 Å². The van der Waals surface area contributed by atoms with Gasteiger partial charge in [-0.25, -0.2) is 0 Å². The topological polar surface area (TPSA) is 42.2 Å². The molecule has 86 valence electrons. The van der Waals surface area contributed by atoms with Crippen LogP contribution >= 0.6 is 0 Å². The Balaban J connectivity index is 2.45. The number of nitriles is 1. The number of ether oxygens (including phenoxy) is 2. The fourth-order valence-corrected chi connectivity index (χ4v) is 1.45. The Morgan fingerprint density at radius 2 is 2.00 bits per heavy atom. The van der Waals surface area contributed by atoms with E-state index >= 15 is 0 Å². The molecule has 0 aliphatic rings. The van der Waals surface area contributed by atoms with E-state index in [1.54, 1.807) is 7.11 Å². The molecule has 16 heavy (non-hydrogen) atoms. The first kappa shape index (κ1) is 12.7. The number of benzene rings is 1. The third kappa shape index (κ3) is 4.43. The summed E-state index contributed by atoms with van der Waals surface area (Å²) in [7, 11) is 1.67. The van der Waals surface area contributed by atoms with Gasteiger partial charge in [0, 0.05) is 20.3 Å². The molecule has 0 aromatic heterocycles. The molecule has 0 heterocycles. The van der Waals surface area contributed by atoms with Crippen LogP contribution in [0.1, 0.15) is 24.5 Å². The molecule has 1 unspecified atom stereocenters. The van der Waals surface area contributed by atoms with Gasteiger partial charge in [0.15, 0.2) is 0 Å². The molecule has 3 nitrogen and oxygen atoms in total. The van der Waals surface area contributed by atoms with Crippen LogP contribution in [0.4, 0.5) is 0 Å². The quantitative estimate of drug-likeness (QED) is 0.662. The van der Waals surface area contributed by atoms with Gasteiger partial charge in [0.2, 0.25) is 0 Å². The first-order valence-corrected chi connectivity index (χ1v) is 5.41. The van der Waals surface area contributed by atoms with Crippen molar-refractivity contribution in [3.05, 3.63) is 35.9 Å². The van der Waals surface area contributed by atoms with Crippen LogP contribution in [0.15, 0.2) is 30.3 Å². The lowest BCUT2D eigenvalue weighted by atomic mass is 10.1. The Kier molecular flexibility index (Phi) is 6.24. The molecule has 0 N–H and O–H groups in total. The SMILES string of the molecule is COCCCOC(CC#N)c1ccccc1. The highest BCUT2D eigenvalue weighted by Gasteiger charge is 2.10. The van der Waals surface area contributed by atoms with E-state index in [4.69, 9.17) is 14.7 Å². The molecular formula is C13H17NO2. The molecule has 1 rings (SSSR count). The fourth-order valence-electron chi connectivity index (χ4n) is 1.45. The van der Waals surface area contributed by atoms with Crippen LogP contribution < -0.4 is 0 Å². The Bertz CT molecular complexity index is 318. The molecule has 1 aromatic rings. The van der Waals surface area contributed by atoms with Gasteiger partial charge in [-0.05, 0) is 12.0 Å². The number of hydrogen-bond acceptors (Lipinski definition) is 3. The summed E-state index contributed by atoms with van der Waals surface area (Å²) in [5.74, 6) is 0. The number of hydrogen-bond donors (Lipinski definition) is 0. The van der Waals surface area contributed by atoms with E-state index in [1.807, 2.05) is 30.3 Å². The Labute approximate surface area is 96.6 Å². The number of methoxy groups -OCH3 is 1. The van der Waals surface area contributed by atoms with Gasteiger partial charge in [0.25, 0.3) is 0 Å². The van der Waals surface area contributed by atoms with Gasteiger partial charge >= 0.3 is 0 Å². The van der Waals surface area contributed by atoms with Crippen LogP contribution in [0.2, 0.25) is 0 Å². The lowest BCUT2D eigenvalue weighted by Crippen LogP contribution is -2.06. The molecule has 0 saturated heterocycles. The molecule has 0 fully saturated rings. The second-order valence-electron chi connectivity index (χ2n) is 3.48. The van der Waals surface area contributed by atoms with Crippen molar-refractivity contribution in [3.8, 4) is 6.07 Å². The average molecular weight is 219 g/mol. The minimum absolute atomic E-state index is 0.122. The van der Waals surface area contributed by atoms with Crippen molar-refractivity contribution < 1.29 is 9.47 Å². The first-order valence-electron chi connectivity index (χ1n) is 5.41. The molecule has 0 aliphatic carbocycles. The monoisotopic (exact) mass is 219 g/mol. The molecule has 0 aliphatic heterocycles. The van der Waals surface area contributed by atoms with Crippen molar-refractivity contribution in [2.24, 2.45) is 0 Å². The highest BCUT2D eigenvalue weighted by molar-refractivity contribution is 5.18. The van der Waals surface area contributed by atoms with E-state index in [1.165, 1.54) is 0 Å². The van der Waals surface area contributed by atoms with Crippen LogP contribution in [0.25, 0.3) is 0 Å². The largest absolute Gasteiger partial charge is 0.385 e. The smallest absolute Gasteiger partial charge is 0.0954 e. The lowest BCUT2D eigenvalue weighted by Gasteiger charge is -2.15. The molecule has 3 heteroatoms. The number of nitrogens with zero attached hydrogens (tertiary/aromatic N) is 1. The van der Waals surface area contributed by atoms with Crippen LogP contribution in [-0.4, -0.2) is 20.3 Å². The number of rotatable bonds is 7. The highest BCUT2D eigenvalue weighted by Crippen LogP contribution is 2.20. The van der Waals surface area contributed by atoms with Crippen LogP contribution in [0, 0.1) is 11.3 Å². The molecule has 0 amide bonds. The van der Waals surface area contributed by atoms with E-state index in [0.29, 0.717) is 19.6 Å². The van der Waals surface area contributed by atoms with Gasteiger partial charge in [-0.3, -0.25) is 0 Å². The molecule has 0 bridgehead atoms. The average Bonchev–Trinajstić information content (AvgIpc) is 2.34. The summed E-state index contributed by atoms with van der Waals surface area (Å²) in [6.07, 6.45) is 1.12. The zero-order chi connectivity index (χ0) is 11.6. The van der Waals surface area contributed by atoms with Gasteiger partial charge in [0.1, 0.15) is 0 Å². The summed E-state index contributed by atoms with van der Waals surface area (Å²) in [6.45, 7) is 1.31. The molecule has 0 saturated carbocycles. The Hall–Kier alpha value is -1.37. The van der Waals surface area contributed by atoms with E-state index in [9.17, 15) is 0 Å². The highest BCUT2D eigenvalue weighted by atomic mass is 16.5. The van der Waals surface area contributed by atoms with E-state index in [-0.39, 0.29) is 6.10 Å². The Morgan fingerprint density at radius 3 is 2.62 bits per heavy atom. The first-order chi connectivity index (χ1) is 7.88. The summed E-state index contributed by atoms with van der Waals surface area (Å²) < 4.78 is 10.6. The summed E-state index contributed by atoms with van der Waals surface area (Å²) >= 11 is 0. The van der Waals surface area contributed by atoms with Gasteiger partial charge < -0.3 is 9.47 Å². The van der Waals surface area contributed by atoms with Gasteiger partial charge in [-0.15, -0.1) is 0 Å². The third-order valence-electron chi connectivity index (χ3n) is 2.26. The van der Waals surface area contributed by atoms with Crippen LogP contribution in [-0.2, 0) is 9.47 Å². The van der Waals surface area contributed by atoms with Gasteiger partial charge in [0.05, 0.1) is 18.6 Å². The Morgan fingerprint density at radius 1 is 1.25 bits per heavy atom. The van der Waals surface area contributed by atoms with Crippen molar-refractivity contribution in [3.63, 3.8) is 0 Å². The second kappa shape index (κ2) is 7.86. The molecular weight excluding hydrogens is 202 g/mol. The van der Waals surface area contributed by atoms with Crippen molar-refractivity contribution >= 4 is 0 Å². The zero-order valence-corrected chi connectivity index (χ0v) is 9.56. The standard InChI is InChI=1S/C13H17NO2/c1-15-10-5-11-16-13(8-9-14)12-6-3-2-4-7-12/h2-4,6-7,13H,5,8,10-11H2,1H3. The zero-order valence-electron chi connectivity index (χ0n) is 9.56. The minimum Gasteiger partial charge on any atom is -0.385 e. The molecule has 0 radical (unpaired) electrons. The molecule has 0 spiro atoms. The van der Waals surface area contributed by atoms with Crippen molar-refractivity contribution in [1.29, 1.82) is 5.26 Å². The maximum Gasteiger partial charge on any atom is 0.0954 e. The lowest BCUT2D eigenvalue weighted by molar-refractivity contribution is 0.0414. The van der Waals surface area contributed by atoms with E-state index in [2.05, 4.69) is 6.07 Å². The predicted molar refractivity (Wildman–Crippen MR) is 61.9 cm³/mol. The summed E-state index contributed by atoms with van der Waals surface area (Å²) in [6, 6.07) is 12.0. The summed E-state index contributed by atoms with van der Waals surface area (Å²) in [5.41, 5.74) is 1.06. The predicted octanol–water partition coefficient (Wildman–Crippen LogP) is 2.69. The second-order valence-corrected chi connectivity index (χ2v) is 3.48. The van der Waals surface area contributed by atoms with Crippen LogP contribution in [0.3, 0.4) is 0 Å². The minimum atomic E-state index is -0.122. The fraction of sp³-hybridized carbons (Fsp3) is 0.462. The normalized spacial score (nSPS) is 12.0. The maximum absolute atomic E-state index is 8.75. The molecule has 1 aromatic carbocycles. The summed E-state index contributed by atoms with van der Waals surface area (Å²) in [5, 5.41) is 8.75. The summed E-state index contributed by atoms with van der Waals surface area (Å²) in [4.78, 5) is 0. The van der Waals surface area contributed by atoms with E-state index < -0.39 is 0 Å². The van der Waals surface area contributed by atoms with Gasteiger partial charge in [-0.2, -0.15) is 5.26 Å². The maximum atomic E-state index is 8.75. The van der Waals surface area contributed by atoms with Crippen LogP contribution in [0.5, 0.6) is 0 Å². The third-order valence-corrected chi connectivity index (χ3v) is 2.26. The van der Waals surface area contributed by atoms with Crippen molar-refractivity contribution in [2.45, 2.75) is 18.9 Å². The molecule has 1 atom stereocenters.